The highest BCUT2D eigenvalue weighted by Gasteiger charge is 2.23. The van der Waals surface area contributed by atoms with E-state index in [1.54, 1.807) is 6.08 Å². The Kier molecular flexibility index (Phi) is 3.79. The van der Waals surface area contributed by atoms with Gasteiger partial charge in [0, 0.05) is 21.4 Å². The van der Waals surface area contributed by atoms with Crippen LogP contribution in [-0.2, 0) is 9.84 Å². The molecule has 1 atom stereocenters. The van der Waals surface area contributed by atoms with E-state index < -0.39 is 9.84 Å². The zero-order valence-electron chi connectivity index (χ0n) is 12.3. The Labute approximate surface area is 147 Å². The zero-order valence-corrected chi connectivity index (χ0v) is 14.7. The fourth-order valence-electron chi connectivity index (χ4n) is 2.67. The molecule has 0 spiro atoms. The van der Waals surface area contributed by atoms with Crippen LogP contribution in [0.3, 0.4) is 0 Å². The largest absolute Gasteiger partial charge is 0.362 e. The molecule has 2 aromatic heterocycles. The highest BCUT2D eigenvalue weighted by atomic mass is 35.5. The number of sulfone groups is 1. The third-order valence-electron chi connectivity index (χ3n) is 3.78. The van der Waals surface area contributed by atoms with Crippen LogP contribution >= 0.6 is 22.9 Å². The lowest BCUT2D eigenvalue weighted by atomic mass is 10.1. The van der Waals surface area contributed by atoms with Gasteiger partial charge in [-0.05, 0) is 23.8 Å². The molecule has 0 bridgehead atoms. The van der Waals surface area contributed by atoms with Gasteiger partial charge < -0.3 is 5.32 Å². The lowest BCUT2D eigenvalue weighted by Crippen LogP contribution is -2.21. The van der Waals surface area contributed by atoms with E-state index in [4.69, 9.17) is 11.6 Å². The molecule has 24 heavy (non-hydrogen) atoms. The minimum absolute atomic E-state index is 0.0406. The maximum absolute atomic E-state index is 11.6. The van der Waals surface area contributed by atoms with Gasteiger partial charge in [0.05, 0.1) is 17.2 Å². The van der Waals surface area contributed by atoms with E-state index in [2.05, 4.69) is 15.3 Å². The topological polar surface area (TPSA) is 72.0 Å². The minimum atomic E-state index is -3.12. The van der Waals surface area contributed by atoms with Crippen molar-refractivity contribution in [2.75, 3.05) is 11.1 Å². The first-order valence-corrected chi connectivity index (χ1v) is 10.1. The molecule has 3 aromatic rings. The van der Waals surface area contributed by atoms with Crippen LogP contribution in [0.1, 0.15) is 0 Å². The third-order valence-corrected chi connectivity index (χ3v) is 6.31. The van der Waals surface area contributed by atoms with E-state index >= 15 is 0 Å². The first-order valence-electron chi connectivity index (χ1n) is 7.17. The lowest BCUT2D eigenvalue weighted by molar-refractivity contribution is 0.605. The Hall–Kier alpha value is -1.96. The van der Waals surface area contributed by atoms with Gasteiger partial charge in [0.25, 0.3) is 0 Å². The van der Waals surface area contributed by atoms with E-state index in [1.165, 1.54) is 23.1 Å². The third kappa shape index (κ3) is 2.90. The average molecular weight is 378 g/mol. The van der Waals surface area contributed by atoms with Crippen molar-refractivity contribution < 1.29 is 8.42 Å². The van der Waals surface area contributed by atoms with Gasteiger partial charge in [-0.15, -0.1) is 11.3 Å². The van der Waals surface area contributed by atoms with Crippen molar-refractivity contribution in [3.8, 4) is 11.1 Å². The molecule has 0 amide bonds. The van der Waals surface area contributed by atoms with Crippen molar-refractivity contribution in [1.82, 2.24) is 9.97 Å². The van der Waals surface area contributed by atoms with Gasteiger partial charge in [-0.1, -0.05) is 23.7 Å². The first-order chi connectivity index (χ1) is 11.5. The molecule has 0 aliphatic carbocycles. The van der Waals surface area contributed by atoms with Crippen LogP contribution in [0.4, 0.5) is 5.82 Å². The normalized spacial score (nSPS) is 19.0. The number of halogens is 1. The highest BCUT2D eigenvalue weighted by molar-refractivity contribution is 7.94. The SMILES string of the molecule is O=S1(=O)C=CC(Nc2ncnc3scc(-c4ccc(Cl)cc4)c23)C1. The van der Waals surface area contributed by atoms with Gasteiger partial charge >= 0.3 is 0 Å². The number of fused-ring (bicyclic) bond motifs is 1. The molecule has 5 nitrogen and oxygen atoms in total. The van der Waals surface area contributed by atoms with Crippen molar-refractivity contribution in [1.29, 1.82) is 0 Å². The van der Waals surface area contributed by atoms with Crippen LogP contribution in [0, 0.1) is 0 Å². The summed E-state index contributed by atoms with van der Waals surface area (Å²) in [5.41, 5.74) is 2.01. The molecule has 122 valence electrons. The van der Waals surface area contributed by atoms with Crippen molar-refractivity contribution in [2.45, 2.75) is 6.04 Å². The Morgan fingerprint density at radius 1 is 1.21 bits per heavy atom. The Bertz CT molecular complexity index is 1040. The number of hydrogen-bond acceptors (Lipinski definition) is 6. The number of rotatable bonds is 3. The molecule has 3 heterocycles. The summed E-state index contributed by atoms with van der Waals surface area (Å²) in [4.78, 5) is 9.49. The smallest absolute Gasteiger partial charge is 0.173 e. The van der Waals surface area contributed by atoms with Crippen LogP contribution in [0.15, 0.2) is 47.5 Å². The number of anilines is 1. The second kappa shape index (κ2) is 5.84. The average Bonchev–Trinajstić information content (AvgIpc) is 3.12. The Balaban J connectivity index is 1.78. The van der Waals surface area contributed by atoms with E-state index in [1.807, 2.05) is 29.6 Å². The van der Waals surface area contributed by atoms with E-state index in [9.17, 15) is 8.42 Å². The summed E-state index contributed by atoms with van der Waals surface area (Å²) < 4.78 is 23.2. The molecule has 8 heteroatoms. The fraction of sp³-hybridized carbons (Fsp3) is 0.125. The van der Waals surface area contributed by atoms with Gasteiger partial charge in [-0.3, -0.25) is 0 Å². The van der Waals surface area contributed by atoms with Crippen molar-refractivity contribution in [3.05, 3.63) is 52.5 Å². The molecule has 0 radical (unpaired) electrons. The lowest BCUT2D eigenvalue weighted by Gasteiger charge is -2.12. The second-order valence-corrected chi connectivity index (χ2v) is 8.69. The van der Waals surface area contributed by atoms with Gasteiger partial charge in [0.1, 0.15) is 17.0 Å². The van der Waals surface area contributed by atoms with E-state index in [0.29, 0.717) is 10.8 Å². The monoisotopic (exact) mass is 377 g/mol. The second-order valence-electron chi connectivity index (χ2n) is 5.47. The number of nitrogens with zero attached hydrogens (tertiary/aromatic N) is 2. The van der Waals surface area contributed by atoms with Gasteiger partial charge in [0.2, 0.25) is 0 Å². The molecule has 1 unspecified atom stereocenters. The quantitative estimate of drug-likeness (QED) is 0.752. The maximum Gasteiger partial charge on any atom is 0.173 e. The van der Waals surface area contributed by atoms with Crippen LogP contribution in [-0.4, -0.2) is 30.2 Å². The molecule has 1 aliphatic heterocycles. The first kappa shape index (κ1) is 15.6. The van der Waals surface area contributed by atoms with Crippen LogP contribution in [0.5, 0.6) is 0 Å². The van der Waals surface area contributed by atoms with Crippen molar-refractivity contribution in [3.63, 3.8) is 0 Å². The van der Waals surface area contributed by atoms with Gasteiger partial charge in [-0.25, -0.2) is 18.4 Å². The molecular weight excluding hydrogens is 366 g/mol. The summed E-state index contributed by atoms with van der Waals surface area (Å²) in [6.45, 7) is 0. The maximum atomic E-state index is 11.6. The molecule has 0 saturated carbocycles. The molecule has 1 N–H and O–H groups in total. The van der Waals surface area contributed by atoms with Gasteiger partial charge in [-0.2, -0.15) is 0 Å². The van der Waals surface area contributed by atoms with Crippen LogP contribution in [0.2, 0.25) is 5.02 Å². The number of benzene rings is 1. The Morgan fingerprint density at radius 2 is 2.00 bits per heavy atom. The zero-order chi connectivity index (χ0) is 16.7. The molecule has 4 rings (SSSR count). The van der Waals surface area contributed by atoms with Gasteiger partial charge in [0.15, 0.2) is 9.84 Å². The van der Waals surface area contributed by atoms with Crippen molar-refractivity contribution >= 4 is 48.8 Å². The predicted octanol–water partition coefficient (Wildman–Crippen LogP) is 3.73. The number of nitrogens with one attached hydrogen (secondary N) is 1. The summed E-state index contributed by atoms with van der Waals surface area (Å²) in [7, 11) is -3.12. The number of thiophene rings is 1. The minimum Gasteiger partial charge on any atom is -0.362 e. The standard InChI is InChI=1S/C16H12ClN3O2S2/c17-11-3-1-10(2-4-11)13-7-23-16-14(13)15(18-9-19-16)20-12-5-6-24(21,22)8-12/h1-7,9,12H,8H2,(H,18,19,20). The van der Waals surface area contributed by atoms with Crippen molar-refractivity contribution in [2.24, 2.45) is 0 Å². The molecule has 1 aromatic carbocycles. The molecule has 0 fully saturated rings. The summed E-state index contributed by atoms with van der Waals surface area (Å²) in [5.74, 6) is 0.678. The van der Waals surface area contributed by atoms with Crippen LogP contribution < -0.4 is 5.32 Å². The fourth-order valence-corrected chi connectivity index (χ4v) is 4.94. The highest BCUT2D eigenvalue weighted by Crippen LogP contribution is 2.37. The summed E-state index contributed by atoms with van der Waals surface area (Å²) in [5, 5.41) is 8.05. The molecular formula is C16H12ClN3O2S2. The van der Waals surface area contributed by atoms with Crippen LogP contribution in [0.25, 0.3) is 21.3 Å². The summed E-state index contributed by atoms with van der Waals surface area (Å²) >= 11 is 7.49. The number of hydrogen-bond donors (Lipinski definition) is 1. The summed E-state index contributed by atoms with van der Waals surface area (Å²) in [6, 6.07) is 7.28. The number of aromatic nitrogens is 2. The molecule has 1 aliphatic rings. The Morgan fingerprint density at radius 3 is 2.71 bits per heavy atom. The molecule has 0 saturated heterocycles. The summed E-state index contributed by atoms with van der Waals surface area (Å²) in [6.07, 6.45) is 3.14. The van der Waals surface area contributed by atoms with E-state index in [0.717, 1.165) is 21.3 Å². The van der Waals surface area contributed by atoms with E-state index in [-0.39, 0.29) is 11.8 Å². The predicted molar refractivity (Wildman–Crippen MR) is 98.2 cm³/mol.